The number of primary amides is 1. The van der Waals surface area contributed by atoms with Crippen molar-refractivity contribution in [3.63, 3.8) is 0 Å². The molecule has 1 unspecified atom stereocenters. The summed E-state index contributed by atoms with van der Waals surface area (Å²) in [6.07, 6.45) is 5.27. The maximum atomic E-state index is 11.6. The molecule has 1 aromatic rings. The van der Waals surface area contributed by atoms with Crippen LogP contribution in [0.25, 0.3) is 0 Å². The van der Waals surface area contributed by atoms with Gasteiger partial charge in [0.2, 0.25) is 0 Å². The topological polar surface area (TPSA) is 80.5 Å². The fourth-order valence-electron chi connectivity index (χ4n) is 5.03. The summed E-state index contributed by atoms with van der Waals surface area (Å²) < 4.78 is 6.22. The molecule has 0 spiro atoms. The second-order valence-corrected chi connectivity index (χ2v) is 7.38. The Kier molecular flexibility index (Phi) is 4.06. The molecule has 3 N–H and O–H groups in total. The highest BCUT2D eigenvalue weighted by Crippen LogP contribution is 2.51. The molecule has 2 bridgehead atoms. The first kappa shape index (κ1) is 16.0. The van der Waals surface area contributed by atoms with E-state index in [1.807, 2.05) is 19.2 Å². The van der Waals surface area contributed by atoms with Gasteiger partial charge >= 0.3 is 0 Å². The van der Waals surface area contributed by atoms with Crippen LogP contribution in [-0.2, 0) is 10.3 Å². The molecule has 3 fully saturated rings. The lowest BCUT2D eigenvalue weighted by Gasteiger charge is -2.57. The number of hydrogen-bond acceptors (Lipinski definition) is 5. The smallest absolute Gasteiger partial charge is 0.267 e. The molecule has 6 nitrogen and oxygen atoms in total. The highest BCUT2D eigenvalue weighted by Gasteiger charge is 2.54. The van der Waals surface area contributed by atoms with Gasteiger partial charge < -0.3 is 15.8 Å². The summed E-state index contributed by atoms with van der Waals surface area (Å²) in [6.45, 7) is 4.32. The van der Waals surface area contributed by atoms with Gasteiger partial charge in [-0.05, 0) is 30.5 Å². The zero-order chi connectivity index (χ0) is 16.7. The van der Waals surface area contributed by atoms with Crippen molar-refractivity contribution in [2.75, 3.05) is 33.3 Å². The van der Waals surface area contributed by atoms with Gasteiger partial charge in [-0.15, -0.1) is 0 Å². The molecule has 3 heterocycles. The fourth-order valence-corrected chi connectivity index (χ4v) is 5.03. The van der Waals surface area contributed by atoms with Gasteiger partial charge in [0.25, 0.3) is 5.91 Å². The average molecular weight is 330 g/mol. The number of amides is 1. The summed E-state index contributed by atoms with van der Waals surface area (Å²) in [6, 6.07) is 4.51. The van der Waals surface area contributed by atoms with Crippen LogP contribution in [0.2, 0.25) is 0 Å². The third-order valence-corrected chi connectivity index (χ3v) is 6.31. The molecule has 0 radical (unpaired) electrons. The molecule has 2 aliphatic heterocycles. The molecule has 4 rings (SSSR count). The van der Waals surface area contributed by atoms with Gasteiger partial charge in [-0.1, -0.05) is 6.42 Å². The van der Waals surface area contributed by atoms with E-state index in [4.69, 9.17) is 10.5 Å². The number of hydrogen-bond donors (Lipinski definition) is 2. The van der Waals surface area contributed by atoms with Crippen LogP contribution in [0.1, 0.15) is 35.3 Å². The minimum absolute atomic E-state index is 0.320. The average Bonchev–Trinajstić information content (AvgIpc) is 2.52. The Morgan fingerprint density at radius 3 is 2.62 bits per heavy atom. The number of nitrogens with one attached hydrogen (secondary N) is 1. The van der Waals surface area contributed by atoms with E-state index in [-0.39, 0.29) is 5.60 Å². The summed E-state index contributed by atoms with van der Waals surface area (Å²) >= 11 is 0. The van der Waals surface area contributed by atoms with Crippen LogP contribution < -0.4 is 11.1 Å². The quantitative estimate of drug-likeness (QED) is 0.850. The van der Waals surface area contributed by atoms with E-state index in [0.29, 0.717) is 23.6 Å². The van der Waals surface area contributed by atoms with Crippen LogP contribution in [0.15, 0.2) is 18.3 Å². The first-order valence-corrected chi connectivity index (χ1v) is 8.91. The Labute approximate surface area is 142 Å². The molecule has 1 saturated carbocycles. The Morgan fingerprint density at radius 2 is 2.08 bits per heavy atom. The highest BCUT2D eigenvalue weighted by atomic mass is 16.5. The van der Waals surface area contributed by atoms with Crippen LogP contribution in [0, 0.1) is 11.8 Å². The largest absolute Gasteiger partial charge is 0.373 e. The third kappa shape index (κ3) is 2.36. The molecule has 1 aliphatic carbocycles. The van der Waals surface area contributed by atoms with Gasteiger partial charge in [0.05, 0.1) is 0 Å². The van der Waals surface area contributed by atoms with Crippen molar-refractivity contribution in [1.82, 2.24) is 15.2 Å². The number of piperidine rings is 1. The monoisotopic (exact) mass is 330 g/mol. The van der Waals surface area contributed by atoms with Gasteiger partial charge in [-0.25, -0.2) is 0 Å². The van der Waals surface area contributed by atoms with Crippen LogP contribution in [0.3, 0.4) is 0 Å². The van der Waals surface area contributed by atoms with Crippen molar-refractivity contribution in [2.45, 2.75) is 30.9 Å². The number of likely N-dealkylation sites (tertiary alicyclic amines) is 1. The summed E-state index contributed by atoms with van der Waals surface area (Å²) in [4.78, 5) is 18.3. The Hall–Kier alpha value is -1.50. The number of methoxy groups -OCH3 is 1. The highest BCUT2D eigenvalue weighted by molar-refractivity contribution is 5.90. The van der Waals surface area contributed by atoms with Crippen LogP contribution >= 0.6 is 0 Å². The van der Waals surface area contributed by atoms with Crippen LogP contribution in [0.5, 0.6) is 0 Å². The van der Waals surface area contributed by atoms with Crippen molar-refractivity contribution in [1.29, 1.82) is 0 Å². The zero-order valence-electron chi connectivity index (χ0n) is 14.2. The van der Waals surface area contributed by atoms with Gasteiger partial charge in [-0.2, -0.15) is 0 Å². The van der Waals surface area contributed by atoms with Crippen molar-refractivity contribution in [3.8, 4) is 0 Å². The van der Waals surface area contributed by atoms with E-state index in [2.05, 4.69) is 15.2 Å². The standard InChI is InChI=1S/C18H26N4O2/c1-24-18(12-5-6-21-16(7-12)17(19)23)13-3-2-4-14(18)11-22(10-13)15-8-20-9-15/h5-7,13-15,20H,2-4,8-11H2,1H3,(H2,19,23)/t13-,14+,18?. The SMILES string of the molecule is COC1(c2ccnc(C(N)=O)c2)[C@@H]2CCC[C@H]1CN(C1CNC1)C2. The normalized spacial score (nSPS) is 33.9. The van der Waals surface area contributed by atoms with Gasteiger partial charge in [0, 0.05) is 57.4 Å². The molecular formula is C18H26N4O2. The lowest BCUT2D eigenvalue weighted by Crippen LogP contribution is -2.66. The van der Waals surface area contributed by atoms with Crippen molar-refractivity contribution in [3.05, 3.63) is 29.6 Å². The lowest BCUT2D eigenvalue weighted by molar-refractivity contribution is -0.176. The van der Waals surface area contributed by atoms with Crippen LogP contribution in [-0.4, -0.2) is 55.1 Å². The third-order valence-electron chi connectivity index (χ3n) is 6.31. The first-order chi connectivity index (χ1) is 11.6. The number of pyridine rings is 1. The summed E-state index contributed by atoms with van der Waals surface area (Å²) in [5, 5.41) is 3.38. The molecule has 1 amide bonds. The van der Waals surface area contributed by atoms with E-state index in [1.54, 1.807) is 6.20 Å². The molecule has 1 aromatic heterocycles. The molecule has 3 atom stereocenters. The first-order valence-electron chi connectivity index (χ1n) is 8.91. The van der Waals surface area contributed by atoms with Crippen molar-refractivity contribution >= 4 is 5.91 Å². The molecule has 3 aliphatic rings. The number of nitrogens with zero attached hydrogens (tertiary/aromatic N) is 2. The second kappa shape index (κ2) is 6.10. The minimum Gasteiger partial charge on any atom is -0.373 e. The Morgan fingerprint density at radius 1 is 1.38 bits per heavy atom. The van der Waals surface area contributed by atoms with E-state index in [9.17, 15) is 4.79 Å². The maximum Gasteiger partial charge on any atom is 0.267 e. The second-order valence-electron chi connectivity index (χ2n) is 7.38. The van der Waals surface area contributed by atoms with E-state index in [1.165, 1.54) is 6.42 Å². The predicted octanol–water partition coefficient (Wildman–Crippen LogP) is 0.726. The molecule has 0 aromatic carbocycles. The van der Waals surface area contributed by atoms with Crippen LogP contribution in [0.4, 0.5) is 0 Å². The predicted molar refractivity (Wildman–Crippen MR) is 90.5 cm³/mol. The number of carbonyl (C=O) groups excluding carboxylic acids is 1. The van der Waals surface area contributed by atoms with Crippen molar-refractivity contribution < 1.29 is 9.53 Å². The lowest BCUT2D eigenvalue weighted by atomic mass is 9.62. The summed E-state index contributed by atoms with van der Waals surface area (Å²) in [7, 11) is 1.82. The number of aromatic nitrogens is 1. The number of fused-ring (bicyclic) bond motifs is 2. The summed E-state index contributed by atoms with van der Waals surface area (Å²) in [5.74, 6) is 0.406. The van der Waals surface area contributed by atoms with Crippen molar-refractivity contribution in [2.24, 2.45) is 17.6 Å². The van der Waals surface area contributed by atoms with Gasteiger partial charge in [0.1, 0.15) is 11.3 Å². The number of rotatable bonds is 4. The number of ether oxygens (including phenoxy) is 1. The number of nitrogens with two attached hydrogens (primary N) is 1. The molecule has 130 valence electrons. The Bertz CT molecular complexity index is 617. The molecular weight excluding hydrogens is 304 g/mol. The molecule has 6 heteroatoms. The van der Waals surface area contributed by atoms with Gasteiger partial charge in [-0.3, -0.25) is 14.7 Å². The van der Waals surface area contributed by atoms with Gasteiger partial charge in [0.15, 0.2) is 0 Å². The summed E-state index contributed by atoms with van der Waals surface area (Å²) in [5.41, 5.74) is 6.51. The number of carbonyl (C=O) groups is 1. The minimum atomic E-state index is -0.480. The molecule has 24 heavy (non-hydrogen) atoms. The van der Waals surface area contributed by atoms with E-state index in [0.717, 1.165) is 44.6 Å². The zero-order valence-corrected chi connectivity index (χ0v) is 14.2. The van der Waals surface area contributed by atoms with E-state index < -0.39 is 5.91 Å². The fraction of sp³-hybridized carbons (Fsp3) is 0.667. The van der Waals surface area contributed by atoms with E-state index >= 15 is 0 Å². The maximum absolute atomic E-state index is 11.6. The molecule has 2 saturated heterocycles. The Balaban J connectivity index is 1.70.